The van der Waals surface area contributed by atoms with Crippen molar-refractivity contribution in [1.29, 1.82) is 5.26 Å². The molecule has 43 heavy (non-hydrogen) atoms. The van der Waals surface area contributed by atoms with Crippen LogP contribution >= 0.6 is 0 Å². The molecule has 2 aliphatic rings. The number of piperidine rings is 2. The van der Waals surface area contributed by atoms with Crippen LogP contribution in [0.1, 0.15) is 55.3 Å². The lowest BCUT2D eigenvalue weighted by atomic mass is 9.92. The predicted molar refractivity (Wildman–Crippen MR) is 158 cm³/mol. The minimum Gasteiger partial charge on any atom is -0.485 e. The molecule has 1 aromatic carbocycles. The van der Waals surface area contributed by atoms with E-state index in [-0.39, 0.29) is 29.8 Å². The highest BCUT2D eigenvalue weighted by Gasteiger charge is 2.27. The molecule has 10 heteroatoms. The minimum absolute atomic E-state index is 0.0658. The summed E-state index contributed by atoms with van der Waals surface area (Å²) in [6, 6.07) is 11.7. The van der Waals surface area contributed by atoms with Crippen molar-refractivity contribution in [2.24, 2.45) is 5.92 Å². The van der Waals surface area contributed by atoms with Crippen LogP contribution in [0.5, 0.6) is 5.75 Å². The molecule has 8 nitrogen and oxygen atoms in total. The fourth-order valence-corrected chi connectivity index (χ4v) is 5.87. The molecule has 0 bridgehead atoms. The summed E-state index contributed by atoms with van der Waals surface area (Å²) in [5.74, 6) is -0.886. The third kappa shape index (κ3) is 7.28. The highest BCUT2D eigenvalue weighted by Crippen LogP contribution is 2.35. The predicted octanol–water partition coefficient (Wildman–Crippen LogP) is 5.79. The SMILES string of the molecule is CCOC(=O)C1CCN(c2cccc(-c3cc(F)cc(F)c3OCc3cnc(C4CCN(CC#N)CC4)cc3C)n2)CC1. The van der Waals surface area contributed by atoms with E-state index in [0.717, 1.165) is 48.8 Å². The third-order valence-corrected chi connectivity index (χ3v) is 8.37. The number of esters is 1. The summed E-state index contributed by atoms with van der Waals surface area (Å²) in [5, 5.41) is 8.94. The van der Waals surface area contributed by atoms with E-state index in [0.29, 0.717) is 56.5 Å². The molecular weight excluding hydrogens is 552 g/mol. The van der Waals surface area contributed by atoms with Gasteiger partial charge in [0.2, 0.25) is 0 Å². The Labute approximate surface area is 251 Å². The van der Waals surface area contributed by atoms with Gasteiger partial charge >= 0.3 is 5.97 Å². The van der Waals surface area contributed by atoms with Crippen LogP contribution in [-0.2, 0) is 16.1 Å². The summed E-state index contributed by atoms with van der Waals surface area (Å²) in [6.45, 7) is 7.66. The van der Waals surface area contributed by atoms with Crippen LogP contribution in [0, 0.1) is 35.8 Å². The molecule has 226 valence electrons. The lowest BCUT2D eigenvalue weighted by Crippen LogP contribution is -2.37. The highest BCUT2D eigenvalue weighted by molar-refractivity contribution is 5.73. The first-order valence-electron chi connectivity index (χ1n) is 14.9. The number of benzene rings is 1. The Kier molecular flexibility index (Phi) is 9.82. The van der Waals surface area contributed by atoms with Crippen molar-refractivity contribution in [2.75, 3.05) is 44.2 Å². The number of aromatic nitrogens is 2. The van der Waals surface area contributed by atoms with E-state index in [1.54, 1.807) is 25.3 Å². The van der Waals surface area contributed by atoms with Gasteiger partial charge in [0.25, 0.3) is 0 Å². The van der Waals surface area contributed by atoms with Crippen molar-refractivity contribution in [1.82, 2.24) is 14.9 Å². The van der Waals surface area contributed by atoms with Crippen LogP contribution in [0.3, 0.4) is 0 Å². The number of carbonyl (C=O) groups is 1. The zero-order valence-electron chi connectivity index (χ0n) is 24.7. The summed E-state index contributed by atoms with van der Waals surface area (Å²) in [5.41, 5.74) is 3.43. The fourth-order valence-electron chi connectivity index (χ4n) is 5.87. The number of carbonyl (C=O) groups excluding carboxylic acids is 1. The van der Waals surface area contributed by atoms with Crippen molar-refractivity contribution in [3.8, 4) is 23.1 Å². The summed E-state index contributed by atoms with van der Waals surface area (Å²) in [7, 11) is 0. The zero-order chi connectivity index (χ0) is 30.3. The molecule has 0 unspecified atom stereocenters. The maximum absolute atomic E-state index is 15.1. The molecule has 2 fully saturated rings. The number of aryl methyl sites for hydroxylation is 1. The summed E-state index contributed by atoms with van der Waals surface area (Å²) in [4.78, 5) is 25.8. The van der Waals surface area contributed by atoms with E-state index in [1.807, 2.05) is 13.0 Å². The van der Waals surface area contributed by atoms with Gasteiger partial charge in [-0.15, -0.1) is 0 Å². The average molecular weight is 590 g/mol. The fraction of sp³-hybridized carbons (Fsp3) is 0.455. The number of ether oxygens (including phenoxy) is 2. The molecule has 0 saturated carbocycles. The number of nitriles is 1. The Morgan fingerprint density at radius 3 is 2.56 bits per heavy atom. The molecule has 2 aliphatic heterocycles. The summed E-state index contributed by atoms with van der Waals surface area (Å²) < 4.78 is 40.7. The average Bonchev–Trinajstić information content (AvgIpc) is 3.01. The van der Waals surface area contributed by atoms with Crippen molar-refractivity contribution >= 4 is 11.8 Å². The van der Waals surface area contributed by atoms with Crippen molar-refractivity contribution in [2.45, 2.75) is 52.1 Å². The van der Waals surface area contributed by atoms with E-state index in [4.69, 9.17) is 19.7 Å². The molecule has 4 heterocycles. The van der Waals surface area contributed by atoms with Gasteiger partial charge in [-0.1, -0.05) is 6.07 Å². The molecule has 2 aromatic heterocycles. The Balaban J connectivity index is 1.29. The van der Waals surface area contributed by atoms with Gasteiger partial charge in [0.05, 0.1) is 30.8 Å². The van der Waals surface area contributed by atoms with Gasteiger partial charge in [0.15, 0.2) is 11.6 Å². The Bertz CT molecular complexity index is 1480. The summed E-state index contributed by atoms with van der Waals surface area (Å²) in [6.07, 6.45) is 4.97. The maximum Gasteiger partial charge on any atom is 0.309 e. The van der Waals surface area contributed by atoms with Gasteiger partial charge in [-0.25, -0.2) is 13.8 Å². The third-order valence-electron chi connectivity index (χ3n) is 8.37. The van der Waals surface area contributed by atoms with Crippen LogP contribution in [-0.4, -0.2) is 60.2 Å². The molecule has 0 spiro atoms. The first kappa shape index (κ1) is 30.4. The van der Waals surface area contributed by atoms with Gasteiger partial charge in [-0.2, -0.15) is 5.26 Å². The second-order valence-electron chi connectivity index (χ2n) is 11.2. The lowest BCUT2D eigenvalue weighted by Gasteiger charge is -2.32. The van der Waals surface area contributed by atoms with E-state index < -0.39 is 11.6 Å². The smallest absolute Gasteiger partial charge is 0.309 e. The highest BCUT2D eigenvalue weighted by atomic mass is 19.1. The van der Waals surface area contributed by atoms with Gasteiger partial charge in [-0.3, -0.25) is 14.7 Å². The quantitative estimate of drug-likeness (QED) is 0.229. The van der Waals surface area contributed by atoms with Crippen molar-refractivity contribution in [3.63, 3.8) is 0 Å². The first-order valence-corrected chi connectivity index (χ1v) is 14.9. The van der Waals surface area contributed by atoms with Crippen LogP contribution in [0.2, 0.25) is 0 Å². The van der Waals surface area contributed by atoms with Gasteiger partial charge in [0, 0.05) is 48.1 Å². The molecule has 0 atom stereocenters. The lowest BCUT2D eigenvalue weighted by molar-refractivity contribution is -0.148. The molecular formula is C33H37F2N5O3. The first-order chi connectivity index (χ1) is 20.9. The monoisotopic (exact) mass is 589 g/mol. The molecule has 0 amide bonds. The maximum atomic E-state index is 15.1. The number of anilines is 1. The molecule has 5 rings (SSSR count). The van der Waals surface area contributed by atoms with Gasteiger partial charge in [-0.05, 0) is 82.4 Å². The number of halogens is 2. The van der Waals surface area contributed by atoms with E-state index in [1.165, 1.54) is 6.07 Å². The van der Waals surface area contributed by atoms with E-state index >= 15 is 4.39 Å². The number of pyridine rings is 2. The zero-order valence-corrected chi connectivity index (χ0v) is 24.7. The summed E-state index contributed by atoms with van der Waals surface area (Å²) >= 11 is 0. The topological polar surface area (TPSA) is 91.6 Å². The number of rotatable bonds is 9. The van der Waals surface area contributed by atoms with E-state index in [9.17, 15) is 9.18 Å². The van der Waals surface area contributed by atoms with Crippen molar-refractivity contribution < 1.29 is 23.0 Å². The minimum atomic E-state index is -0.802. The Morgan fingerprint density at radius 2 is 1.86 bits per heavy atom. The normalized spacial score (nSPS) is 16.6. The number of likely N-dealkylation sites (tertiary alicyclic amines) is 1. The van der Waals surface area contributed by atoms with Crippen molar-refractivity contribution in [3.05, 3.63) is 71.1 Å². The largest absolute Gasteiger partial charge is 0.485 e. The number of hydrogen-bond acceptors (Lipinski definition) is 8. The molecule has 0 aliphatic carbocycles. The number of hydrogen-bond donors (Lipinski definition) is 0. The molecule has 3 aromatic rings. The van der Waals surface area contributed by atoms with Crippen LogP contribution in [0.25, 0.3) is 11.3 Å². The van der Waals surface area contributed by atoms with Gasteiger partial charge in [0.1, 0.15) is 18.2 Å². The van der Waals surface area contributed by atoms with Crippen LogP contribution < -0.4 is 9.64 Å². The Morgan fingerprint density at radius 1 is 1.09 bits per heavy atom. The second-order valence-corrected chi connectivity index (χ2v) is 11.2. The van der Waals surface area contributed by atoms with Gasteiger partial charge < -0.3 is 14.4 Å². The standard InChI is InChI=1S/C33H37F2N5O3/c1-3-42-33(41)24-9-14-40(15-10-24)31-6-4-5-29(38-31)27-18-26(34)19-28(35)32(27)43-21-25-20-37-30(17-22(25)2)23-7-12-39(13-8-23)16-11-36/h4-6,17-20,23-24H,3,7-10,12-16,21H2,1-2H3. The van der Waals surface area contributed by atoms with Crippen LogP contribution in [0.4, 0.5) is 14.6 Å². The molecule has 0 radical (unpaired) electrons. The number of nitrogens with zero attached hydrogens (tertiary/aromatic N) is 5. The molecule has 2 saturated heterocycles. The Hall–Kier alpha value is -4.10. The van der Waals surface area contributed by atoms with Crippen LogP contribution in [0.15, 0.2) is 42.6 Å². The molecule has 0 N–H and O–H groups in total. The van der Waals surface area contributed by atoms with E-state index in [2.05, 4.69) is 26.9 Å². The second kappa shape index (κ2) is 13.9.